The number of ether oxygens (including phenoxy) is 1. The molecule has 0 N–H and O–H groups in total. The molecule has 0 atom stereocenters. The number of esters is 1. The zero-order chi connectivity index (χ0) is 21.2. The van der Waals surface area contributed by atoms with E-state index in [1.165, 1.54) is 0 Å². The predicted molar refractivity (Wildman–Crippen MR) is 96.0 cm³/mol. The largest absolute Gasteiger partial charge is 0.466 e. The van der Waals surface area contributed by atoms with Crippen LogP contribution in [0.25, 0.3) is 11.1 Å². The van der Waals surface area contributed by atoms with Gasteiger partial charge in [0, 0.05) is 17.5 Å². The van der Waals surface area contributed by atoms with E-state index in [9.17, 15) is 22.4 Å². The quantitative estimate of drug-likeness (QED) is 0.450. The molecule has 2 aromatic carbocycles. The Morgan fingerprint density at radius 2 is 1.64 bits per heavy atom. The van der Waals surface area contributed by atoms with Crippen molar-refractivity contribution in [3.8, 4) is 11.1 Å². The second kappa shape index (κ2) is 8.29. The van der Waals surface area contributed by atoms with E-state index in [-0.39, 0.29) is 12.2 Å². The van der Waals surface area contributed by atoms with Crippen molar-refractivity contribution in [3.63, 3.8) is 0 Å². The van der Waals surface area contributed by atoms with Crippen LogP contribution in [0.2, 0.25) is 0 Å². The van der Waals surface area contributed by atoms with Crippen molar-refractivity contribution >= 4 is 5.97 Å². The van der Waals surface area contributed by atoms with E-state index in [1.807, 2.05) is 0 Å². The van der Waals surface area contributed by atoms with Crippen LogP contribution in [-0.4, -0.2) is 12.6 Å². The third-order valence-electron chi connectivity index (χ3n) is 4.69. The maximum Gasteiger partial charge on any atom is 0.419 e. The molecule has 2 aromatic rings. The molecule has 0 bridgehead atoms. The molecule has 0 aliphatic heterocycles. The number of halogens is 5. The van der Waals surface area contributed by atoms with Gasteiger partial charge < -0.3 is 4.74 Å². The fourth-order valence-electron chi connectivity index (χ4n) is 3.13. The number of hydrogen-bond donors (Lipinski definition) is 0. The molecule has 28 heavy (non-hydrogen) atoms. The van der Waals surface area contributed by atoms with Crippen LogP contribution in [0.3, 0.4) is 0 Å². The van der Waals surface area contributed by atoms with E-state index in [0.717, 1.165) is 5.56 Å². The van der Waals surface area contributed by atoms with Gasteiger partial charge in [-0.15, -0.1) is 0 Å². The van der Waals surface area contributed by atoms with Gasteiger partial charge in [-0.3, -0.25) is 4.79 Å². The molecule has 0 amide bonds. The minimum absolute atomic E-state index is 0.0688. The second-order valence-electron chi connectivity index (χ2n) is 6.58. The first-order chi connectivity index (χ1) is 13.0. The monoisotopic (exact) mass is 400 g/mol. The summed E-state index contributed by atoms with van der Waals surface area (Å²) in [7, 11) is 0. The zero-order valence-corrected chi connectivity index (χ0v) is 16.1. The Hall–Kier alpha value is -2.44. The molecule has 0 saturated carbocycles. The predicted octanol–water partition coefficient (Wildman–Crippen LogP) is 6.07. The maximum absolute atomic E-state index is 15.2. The molecule has 0 aliphatic carbocycles. The Morgan fingerprint density at radius 1 is 1.04 bits per heavy atom. The van der Waals surface area contributed by atoms with Gasteiger partial charge in [-0.25, -0.2) is 8.78 Å². The van der Waals surface area contributed by atoms with Crippen molar-refractivity contribution in [2.45, 2.75) is 46.7 Å². The first-order valence-corrected chi connectivity index (χ1v) is 8.79. The highest BCUT2D eigenvalue weighted by Gasteiger charge is 2.37. The summed E-state index contributed by atoms with van der Waals surface area (Å²) in [5, 5.41) is 0. The third kappa shape index (κ3) is 4.34. The lowest BCUT2D eigenvalue weighted by Crippen LogP contribution is -2.14. The first-order valence-electron chi connectivity index (χ1n) is 8.79. The highest BCUT2D eigenvalue weighted by molar-refractivity contribution is 5.75. The Balaban J connectivity index is 2.72. The van der Waals surface area contributed by atoms with E-state index in [2.05, 4.69) is 0 Å². The topological polar surface area (TPSA) is 26.3 Å². The van der Waals surface area contributed by atoms with Crippen LogP contribution < -0.4 is 0 Å². The minimum Gasteiger partial charge on any atom is -0.466 e. The molecule has 0 aromatic heterocycles. The second-order valence-corrected chi connectivity index (χ2v) is 6.58. The molecule has 0 fully saturated rings. The lowest BCUT2D eigenvalue weighted by molar-refractivity contribution is -0.143. The van der Waals surface area contributed by atoms with Gasteiger partial charge in [0.25, 0.3) is 0 Å². The van der Waals surface area contributed by atoms with Gasteiger partial charge in [0.15, 0.2) is 0 Å². The lowest BCUT2D eigenvalue weighted by Gasteiger charge is -2.19. The number of alkyl halides is 3. The zero-order valence-electron chi connectivity index (χ0n) is 16.1. The first kappa shape index (κ1) is 21.9. The van der Waals surface area contributed by atoms with Gasteiger partial charge in [-0.1, -0.05) is 12.1 Å². The van der Waals surface area contributed by atoms with Crippen molar-refractivity contribution in [1.82, 2.24) is 0 Å². The van der Waals surface area contributed by atoms with Crippen molar-refractivity contribution < 1.29 is 31.5 Å². The molecular weight excluding hydrogens is 379 g/mol. The van der Waals surface area contributed by atoms with Crippen molar-refractivity contribution in [3.05, 3.63) is 57.7 Å². The van der Waals surface area contributed by atoms with Crippen LogP contribution in [0, 0.1) is 32.4 Å². The summed E-state index contributed by atoms with van der Waals surface area (Å²) in [4.78, 5) is 11.5. The van der Waals surface area contributed by atoms with Gasteiger partial charge in [-0.2, -0.15) is 13.2 Å². The molecule has 2 rings (SSSR count). The van der Waals surface area contributed by atoms with Crippen LogP contribution in [0.15, 0.2) is 18.2 Å². The third-order valence-corrected chi connectivity index (χ3v) is 4.69. The van der Waals surface area contributed by atoms with Crippen LogP contribution in [-0.2, 0) is 22.1 Å². The van der Waals surface area contributed by atoms with Crippen molar-refractivity contribution in [2.75, 3.05) is 6.61 Å². The number of carbonyl (C=O) groups excluding carboxylic acids is 1. The maximum atomic E-state index is 15.2. The highest BCUT2D eigenvalue weighted by Crippen LogP contribution is 2.40. The molecule has 0 spiro atoms. The van der Waals surface area contributed by atoms with E-state index in [0.29, 0.717) is 22.8 Å². The van der Waals surface area contributed by atoms with Gasteiger partial charge in [0.05, 0.1) is 12.2 Å². The average Bonchev–Trinajstić information content (AvgIpc) is 2.59. The summed E-state index contributed by atoms with van der Waals surface area (Å²) >= 11 is 0. The van der Waals surface area contributed by atoms with E-state index < -0.39 is 47.7 Å². The number of aryl methyl sites for hydroxylation is 2. The molecule has 2 nitrogen and oxygen atoms in total. The van der Waals surface area contributed by atoms with E-state index in [4.69, 9.17) is 4.74 Å². The van der Waals surface area contributed by atoms with Crippen LogP contribution in [0.5, 0.6) is 0 Å². The SMILES string of the molecule is CCOC(=O)CCc1c(F)c(-c2c(C)ccc(C)c2C)cc(C(F)(F)F)c1F. The van der Waals surface area contributed by atoms with Gasteiger partial charge in [-0.05, 0) is 62.4 Å². The van der Waals surface area contributed by atoms with E-state index in [1.54, 1.807) is 39.8 Å². The van der Waals surface area contributed by atoms with Crippen LogP contribution in [0.1, 0.15) is 41.2 Å². The van der Waals surface area contributed by atoms with Gasteiger partial charge in [0.2, 0.25) is 0 Å². The number of hydrogen-bond acceptors (Lipinski definition) is 2. The molecule has 0 saturated heterocycles. The van der Waals surface area contributed by atoms with Gasteiger partial charge in [0.1, 0.15) is 11.6 Å². The van der Waals surface area contributed by atoms with Crippen LogP contribution in [0.4, 0.5) is 22.0 Å². The fraction of sp³-hybridized carbons (Fsp3) is 0.381. The van der Waals surface area contributed by atoms with Crippen molar-refractivity contribution in [2.24, 2.45) is 0 Å². The number of rotatable bonds is 5. The Morgan fingerprint density at radius 3 is 2.21 bits per heavy atom. The summed E-state index contributed by atoms with van der Waals surface area (Å²) in [6.45, 7) is 6.71. The summed E-state index contributed by atoms with van der Waals surface area (Å²) in [5.41, 5.74) is -0.410. The standard InChI is InChI=1S/C21H21F5O2/c1-5-28-17(27)9-8-14-19(22)15(10-16(20(14)23)21(24,25)26)18-12(3)7-6-11(2)13(18)4/h6-7,10H,5,8-9H2,1-4H3. The summed E-state index contributed by atoms with van der Waals surface area (Å²) < 4.78 is 74.6. The highest BCUT2D eigenvalue weighted by atomic mass is 19.4. The minimum atomic E-state index is -5.00. The Bertz CT molecular complexity index is 901. The molecule has 0 heterocycles. The number of carbonyl (C=O) groups is 1. The number of benzene rings is 2. The van der Waals surface area contributed by atoms with Crippen LogP contribution >= 0.6 is 0 Å². The molecule has 0 unspecified atom stereocenters. The fourth-order valence-corrected chi connectivity index (χ4v) is 3.13. The normalized spacial score (nSPS) is 11.6. The molecule has 0 radical (unpaired) electrons. The molecule has 152 valence electrons. The Labute approximate surface area is 160 Å². The lowest BCUT2D eigenvalue weighted by atomic mass is 9.89. The summed E-state index contributed by atoms with van der Waals surface area (Å²) in [6.07, 6.45) is -5.96. The van der Waals surface area contributed by atoms with Crippen molar-refractivity contribution in [1.29, 1.82) is 0 Å². The van der Waals surface area contributed by atoms with Gasteiger partial charge >= 0.3 is 12.1 Å². The summed E-state index contributed by atoms with van der Waals surface area (Å²) in [5.74, 6) is -3.52. The molecule has 7 heteroatoms. The molecular formula is C21H21F5O2. The average molecular weight is 400 g/mol. The summed E-state index contributed by atoms with van der Waals surface area (Å²) in [6, 6.07) is 3.96. The smallest absolute Gasteiger partial charge is 0.419 e. The van der Waals surface area contributed by atoms with E-state index >= 15 is 4.39 Å². The Kier molecular flexibility index (Phi) is 6.47. The molecule has 0 aliphatic rings.